The molecular formula is C17H26Cl2N2. The molecule has 2 rings (SSSR count). The van der Waals surface area contributed by atoms with Crippen molar-refractivity contribution in [3.8, 4) is 0 Å². The number of rotatable bonds is 4. The highest BCUT2D eigenvalue weighted by Gasteiger charge is 2.24. The zero-order valence-electron chi connectivity index (χ0n) is 13.2. The molecule has 1 aliphatic heterocycles. The average molecular weight is 329 g/mol. The maximum atomic E-state index is 6.33. The Hall–Kier alpha value is -0.280. The maximum absolute atomic E-state index is 6.33. The summed E-state index contributed by atoms with van der Waals surface area (Å²) in [6.45, 7) is 9.84. The van der Waals surface area contributed by atoms with Crippen molar-refractivity contribution in [2.24, 2.45) is 5.92 Å². The van der Waals surface area contributed by atoms with Gasteiger partial charge in [0.25, 0.3) is 0 Å². The van der Waals surface area contributed by atoms with Gasteiger partial charge in [-0.1, -0.05) is 43.1 Å². The van der Waals surface area contributed by atoms with Gasteiger partial charge >= 0.3 is 0 Å². The molecule has 1 aliphatic rings. The van der Waals surface area contributed by atoms with E-state index in [1.54, 1.807) is 0 Å². The number of nitrogens with zero attached hydrogens (tertiary/aromatic N) is 1. The van der Waals surface area contributed by atoms with E-state index in [0.717, 1.165) is 41.7 Å². The van der Waals surface area contributed by atoms with Gasteiger partial charge in [-0.2, -0.15) is 0 Å². The standard InChI is InChI=1S/C17H26Cl2N2/c1-12(2)9-14-10-21(13(3)7-8-20-14)11-15-16(18)5-4-6-17(15)19/h4-6,12-14,20H,7-11H2,1-3H3. The number of hydrogen-bond donors (Lipinski definition) is 1. The van der Waals surface area contributed by atoms with E-state index < -0.39 is 0 Å². The van der Waals surface area contributed by atoms with Crippen LogP contribution >= 0.6 is 23.2 Å². The Bertz CT molecular complexity index is 442. The molecule has 1 aromatic rings. The molecule has 1 fully saturated rings. The first-order valence-corrected chi connectivity index (χ1v) is 8.63. The van der Waals surface area contributed by atoms with Gasteiger partial charge in [-0.15, -0.1) is 0 Å². The molecule has 2 atom stereocenters. The summed E-state index contributed by atoms with van der Waals surface area (Å²) in [4.78, 5) is 2.51. The molecule has 0 radical (unpaired) electrons. The van der Waals surface area contributed by atoms with Crippen LogP contribution in [0.1, 0.15) is 39.2 Å². The zero-order valence-corrected chi connectivity index (χ0v) is 14.7. The highest BCUT2D eigenvalue weighted by molar-refractivity contribution is 6.35. The van der Waals surface area contributed by atoms with Gasteiger partial charge in [-0.05, 0) is 44.4 Å². The number of benzene rings is 1. The number of nitrogens with one attached hydrogen (secondary N) is 1. The first-order valence-electron chi connectivity index (χ1n) is 7.87. The van der Waals surface area contributed by atoms with Crippen LogP contribution in [0.15, 0.2) is 18.2 Å². The minimum atomic E-state index is 0.544. The number of hydrogen-bond acceptors (Lipinski definition) is 2. The van der Waals surface area contributed by atoms with Crippen molar-refractivity contribution in [2.45, 2.75) is 52.2 Å². The Balaban J connectivity index is 2.11. The number of halogens is 2. The van der Waals surface area contributed by atoms with E-state index in [1.165, 1.54) is 6.42 Å². The van der Waals surface area contributed by atoms with Gasteiger partial charge in [0.1, 0.15) is 0 Å². The first-order chi connectivity index (χ1) is 9.97. The molecule has 2 unspecified atom stereocenters. The SMILES string of the molecule is CC(C)CC1CN(Cc2c(Cl)cccc2Cl)C(C)CCN1. The summed E-state index contributed by atoms with van der Waals surface area (Å²) >= 11 is 12.7. The van der Waals surface area contributed by atoms with Crippen molar-refractivity contribution >= 4 is 23.2 Å². The van der Waals surface area contributed by atoms with Gasteiger partial charge in [-0.25, -0.2) is 0 Å². The van der Waals surface area contributed by atoms with Crippen LogP contribution in [0, 0.1) is 5.92 Å². The van der Waals surface area contributed by atoms with Crippen molar-refractivity contribution in [3.05, 3.63) is 33.8 Å². The third-order valence-corrected chi connectivity index (χ3v) is 4.96. The Morgan fingerprint density at radius 3 is 2.57 bits per heavy atom. The van der Waals surface area contributed by atoms with E-state index in [2.05, 4.69) is 31.0 Å². The smallest absolute Gasteiger partial charge is 0.0465 e. The minimum Gasteiger partial charge on any atom is -0.313 e. The normalized spacial score (nSPS) is 24.3. The maximum Gasteiger partial charge on any atom is 0.0465 e. The summed E-state index contributed by atoms with van der Waals surface area (Å²) in [5.41, 5.74) is 1.05. The fraction of sp³-hybridized carbons (Fsp3) is 0.647. The van der Waals surface area contributed by atoms with Crippen LogP contribution in [-0.4, -0.2) is 30.1 Å². The summed E-state index contributed by atoms with van der Waals surface area (Å²) < 4.78 is 0. The van der Waals surface area contributed by atoms with Crippen molar-refractivity contribution in [3.63, 3.8) is 0 Å². The molecule has 0 saturated carbocycles. The Kier molecular flexibility index (Phi) is 6.36. The van der Waals surface area contributed by atoms with Gasteiger partial charge < -0.3 is 5.32 Å². The van der Waals surface area contributed by atoms with Gasteiger partial charge in [0.05, 0.1) is 0 Å². The van der Waals surface area contributed by atoms with Gasteiger partial charge in [0.15, 0.2) is 0 Å². The summed E-state index contributed by atoms with van der Waals surface area (Å²) in [5.74, 6) is 0.710. The molecule has 1 heterocycles. The van der Waals surface area contributed by atoms with Crippen molar-refractivity contribution in [1.29, 1.82) is 0 Å². The van der Waals surface area contributed by atoms with Gasteiger partial charge in [-0.3, -0.25) is 4.90 Å². The van der Waals surface area contributed by atoms with E-state index in [4.69, 9.17) is 23.2 Å². The monoisotopic (exact) mass is 328 g/mol. The second-order valence-electron chi connectivity index (χ2n) is 6.55. The van der Waals surface area contributed by atoms with Crippen LogP contribution in [0.25, 0.3) is 0 Å². The molecule has 2 nitrogen and oxygen atoms in total. The Labute approximate surface area is 138 Å². The molecule has 0 aliphatic carbocycles. The molecule has 118 valence electrons. The lowest BCUT2D eigenvalue weighted by Crippen LogP contribution is -2.40. The molecule has 21 heavy (non-hydrogen) atoms. The van der Waals surface area contributed by atoms with E-state index in [9.17, 15) is 0 Å². The first kappa shape index (κ1) is 17.1. The van der Waals surface area contributed by atoms with Crippen molar-refractivity contribution < 1.29 is 0 Å². The third kappa shape index (κ3) is 4.85. The predicted molar refractivity (Wildman–Crippen MR) is 92.2 cm³/mol. The van der Waals surface area contributed by atoms with E-state index in [-0.39, 0.29) is 0 Å². The summed E-state index contributed by atoms with van der Waals surface area (Å²) in [7, 11) is 0. The van der Waals surface area contributed by atoms with Gasteiger partial charge in [0, 0.05) is 40.8 Å². The predicted octanol–water partition coefficient (Wildman–Crippen LogP) is 4.59. The molecule has 0 amide bonds. The molecule has 0 spiro atoms. The molecule has 1 aromatic carbocycles. The zero-order chi connectivity index (χ0) is 15.4. The second-order valence-corrected chi connectivity index (χ2v) is 7.36. The molecule has 1 saturated heterocycles. The fourth-order valence-electron chi connectivity index (χ4n) is 3.04. The Morgan fingerprint density at radius 1 is 1.29 bits per heavy atom. The van der Waals surface area contributed by atoms with Crippen LogP contribution in [0.5, 0.6) is 0 Å². The largest absolute Gasteiger partial charge is 0.313 e. The van der Waals surface area contributed by atoms with Gasteiger partial charge in [0.2, 0.25) is 0 Å². The minimum absolute atomic E-state index is 0.544. The lowest BCUT2D eigenvalue weighted by Gasteiger charge is -2.30. The molecule has 0 bridgehead atoms. The quantitative estimate of drug-likeness (QED) is 0.869. The molecular weight excluding hydrogens is 303 g/mol. The third-order valence-electron chi connectivity index (χ3n) is 4.25. The van der Waals surface area contributed by atoms with Crippen molar-refractivity contribution in [1.82, 2.24) is 10.2 Å². The molecule has 4 heteroatoms. The summed E-state index contributed by atoms with van der Waals surface area (Å²) in [5, 5.41) is 5.22. The lowest BCUT2D eigenvalue weighted by molar-refractivity contribution is 0.190. The van der Waals surface area contributed by atoms with Crippen LogP contribution in [0.3, 0.4) is 0 Å². The highest BCUT2D eigenvalue weighted by Crippen LogP contribution is 2.27. The van der Waals surface area contributed by atoms with Crippen molar-refractivity contribution in [2.75, 3.05) is 13.1 Å². The topological polar surface area (TPSA) is 15.3 Å². The lowest BCUT2D eigenvalue weighted by atomic mass is 10.0. The van der Waals surface area contributed by atoms with Crippen LogP contribution in [0.2, 0.25) is 10.0 Å². The highest BCUT2D eigenvalue weighted by atomic mass is 35.5. The fourth-order valence-corrected chi connectivity index (χ4v) is 3.56. The average Bonchev–Trinajstić information content (AvgIpc) is 2.56. The Morgan fingerprint density at radius 2 is 1.95 bits per heavy atom. The summed E-state index contributed by atoms with van der Waals surface area (Å²) in [6.07, 6.45) is 2.37. The van der Waals surface area contributed by atoms with Crippen LogP contribution in [-0.2, 0) is 6.54 Å². The second kappa shape index (κ2) is 7.82. The van der Waals surface area contributed by atoms with Crippen LogP contribution < -0.4 is 5.32 Å². The molecule has 0 aromatic heterocycles. The van der Waals surface area contributed by atoms with E-state index in [1.807, 2.05) is 18.2 Å². The van der Waals surface area contributed by atoms with Crippen LogP contribution in [0.4, 0.5) is 0 Å². The summed E-state index contributed by atoms with van der Waals surface area (Å²) in [6, 6.07) is 6.85. The van der Waals surface area contributed by atoms with E-state index in [0.29, 0.717) is 18.0 Å². The van der Waals surface area contributed by atoms with E-state index >= 15 is 0 Å². The molecule has 1 N–H and O–H groups in total.